The number of anilines is 6. The van der Waals surface area contributed by atoms with Gasteiger partial charge in [-0.05, 0) is 120 Å². The van der Waals surface area contributed by atoms with Gasteiger partial charge in [0.15, 0.2) is 0 Å². The summed E-state index contributed by atoms with van der Waals surface area (Å²) in [6.45, 7) is -15.7. The van der Waals surface area contributed by atoms with Gasteiger partial charge in [0, 0.05) is 56.0 Å². The molecule has 0 saturated carbocycles. The van der Waals surface area contributed by atoms with Crippen molar-refractivity contribution >= 4 is 34.1 Å². The van der Waals surface area contributed by atoms with Crippen molar-refractivity contribution in [3.8, 4) is 11.1 Å². The van der Waals surface area contributed by atoms with E-state index in [0.29, 0.717) is 0 Å². The summed E-state index contributed by atoms with van der Waals surface area (Å²) in [6.07, 6.45) is 0. The Morgan fingerprint density at radius 3 is 1.28 bits per heavy atom. The van der Waals surface area contributed by atoms with Crippen LogP contribution in [0.25, 0.3) is 11.1 Å². The number of para-hydroxylation sites is 2. The lowest BCUT2D eigenvalue weighted by Gasteiger charge is -2.29. The van der Waals surface area contributed by atoms with Gasteiger partial charge in [0.1, 0.15) is 0 Å². The zero-order chi connectivity index (χ0) is 60.4. The molecule has 0 N–H and O–H groups in total. The largest absolute Gasteiger partial charge is 0.310 e. The Morgan fingerprint density at radius 2 is 0.860 bits per heavy atom. The number of nitrogens with zero attached hydrogens (tertiary/aromatic N) is 2. The second kappa shape index (κ2) is 10.6. The van der Waals surface area contributed by atoms with Crippen LogP contribution in [0.2, 0.25) is 0 Å². The Kier molecular flexibility index (Phi) is 2.00. The molecule has 6 aromatic carbocycles. The number of fused-ring (bicyclic) bond motifs is 3. The Hall–Kier alpha value is -5.08. The highest BCUT2D eigenvalue weighted by Crippen LogP contribution is 2.52. The lowest BCUT2D eigenvalue weighted by Crippen LogP contribution is -2.17. The Morgan fingerprint density at radius 1 is 0.442 bits per heavy atom. The van der Waals surface area contributed by atoms with Gasteiger partial charge in [-0.1, -0.05) is 86.2 Å². The van der Waals surface area contributed by atoms with Crippen molar-refractivity contribution in [1.82, 2.24) is 0 Å². The number of rotatable bonds is 6. The minimum absolute atomic E-state index is 0.0838. The van der Waals surface area contributed by atoms with Gasteiger partial charge in [-0.2, -0.15) is 0 Å². The summed E-state index contributed by atoms with van der Waals surface area (Å²) in [5.74, 6) is 0. The van der Waals surface area contributed by atoms with E-state index in [1.165, 1.54) is 0 Å². The van der Waals surface area contributed by atoms with Crippen molar-refractivity contribution < 1.29 is 49.3 Å². The maximum Gasteiger partial charge on any atom is 0.0648 e. The predicted molar refractivity (Wildman–Crippen MR) is 183 cm³/mol. The van der Waals surface area contributed by atoms with E-state index in [0.717, 1.165) is 0 Å². The molecule has 7 rings (SSSR count). The topological polar surface area (TPSA) is 6.48 Å². The summed E-state index contributed by atoms with van der Waals surface area (Å²) in [5, 5.41) is 0. The molecule has 0 heterocycles. The smallest absolute Gasteiger partial charge is 0.0648 e. The van der Waals surface area contributed by atoms with Crippen molar-refractivity contribution in [2.45, 2.75) is 32.8 Å². The Balaban J connectivity index is 1.82. The number of benzene rings is 6. The van der Waals surface area contributed by atoms with Gasteiger partial charge in [-0.25, -0.2) is 0 Å². The minimum atomic E-state index is -4.30. The molecule has 0 spiro atoms. The zero-order valence-corrected chi connectivity index (χ0v) is 21.4. The minimum Gasteiger partial charge on any atom is -0.310 e. The number of hydrogen-bond acceptors (Lipinski definition) is 2. The van der Waals surface area contributed by atoms with Crippen LogP contribution in [0, 0.1) is 13.7 Å². The molecular weight excluding hydrogens is 520 g/mol. The van der Waals surface area contributed by atoms with Crippen LogP contribution >= 0.6 is 0 Å². The van der Waals surface area contributed by atoms with Gasteiger partial charge in [0.25, 0.3) is 0 Å². The van der Waals surface area contributed by atoms with Gasteiger partial charge in [0.2, 0.25) is 0 Å². The SMILES string of the molecule is [2H]c1c([2H])c([2H])c(N(c2c([2H])c([2H])c([2H])c(C([2H])([2H])[2H])c2[2H])c2c([2H])c([2H])c3c(c2[2H])C(C([2H])([2H])[2H])(C([2H])([2H])[2H])c2c([2H])c(N(c4c([2H])c([2H])c([2H])c([2H])c4[2H])c4c([2H])c([2H])c([2H])c(C([2H])([2H])[2H])c4[2H])c([2H])c([2H])c2-3)c([2H])c1[2H]. The van der Waals surface area contributed by atoms with E-state index in [2.05, 4.69) is 0 Å². The summed E-state index contributed by atoms with van der Waals surface area (Å²) in [6, 6.07) is -32.5. The Labute approximate surface area is 306 Å². The van der Waals surface area contributed by atoms with E-state index in [1.807, 2.05) is 0 Å². The molecule has 0 unspecified atom stereocenters. The predicted octanol–water partition coefficient (Wildman–Crippen LogP) is 11.5. The van der Waals surface area contributed by atoms with Crippen LogP contribution in [0.1, 0.15) is 85.3 Å². The monoisotopic (exact) mass is 593 g/mol. The average molecular weight is 593 g/mol. The molecule has 1 aliphatic carbocycles. The van der Waals surface area contributed by atoms with Gasteiger partial charge >= 0.3 is 0 Å². The van der Waals surface area contributed by atoms with Crippen LogP contribution in [-0.4, -0.2) is 0 Å². The van der Waals surface area contributed by atoms with Crippen molar-refractivity contribution in [3.05, 3.63) is 167 Å². The zero-order valence-electron chi connectivity index (χ0n) is 57.4. The molecule has 0 fully saturated rings. The highest BCUT2D eigenvalue weighted by molar-refractivity contribution is 5.88. The average Bonchev–Trinajstić information content (AvgIpc) is 2.74. The van der Waals surface area contributed by atoms with Crippen LogP contribution < -0.4 is 9.80 Å². The van der Waals surface area contributed by atoms with Crippen LogP contribution in [0.5, 0.6) is 0 Å². The molecule has 0 aromatic heterocycles. The third kappa shape index (κ3) is 4.79. The van der Waals surface area contributed by atoms with E-state index in [9.17, 15) is 8.22 Å². The van der Waals surface area contributed by atoms with Gasteiger partial charge in [-0.15, -0.1) is 0 Å². The molecule has 0 saturated heterocycles. The standard InChI is InChI=1S/C41H36N2/c1-29-13-11-19-33(25-29)42(31-15-7-5-8-16-31)35-21-23-37-38-24-22-36(28-40(38)41(3,4)39(37)27-35)43(32-17-9-6-10-18-32)34-20-12-14-30(2)26-34/h5-28H,1-4H3/i1D3,2D3,3D3,4D3,5D,6D,7D,8D,9D,10D,11D,12D,13D,14D,15D,16D,17D,18D,19D,20D,21D,22D,23D,24D,25D,26D,27D,28D. The molecule has 0 aliphatic heterocycles. The highest BCUT2D eigenvalue weighted by Gasteiger charge is 2.36. The molecule has 0 radical (unpaired) electrons. The van der Waals surface area contributed by atoms with Crippen molar-refractivity contribution in [1.29, 1.82) is 0 Å². The fourth-order valence-corrected chi connectivity index (χ4v) is 4.35. The first-order valence-electron chi connectivity index (χ1n) is 30.1. The summed E-state index contributed by atoms with van der Waals surface area (Å²) < 4.78 is 319. The van der Waals surface area contributed by atoms with Gasteiger partial charge < -0.3 is 9.80 Å². The normalized spacial score (nSPS) is 26.0. The highest BCUT2D eigenvalue weighted by atomic mass is 15.1. The van der Waals surface area contributed by atoms with Crippen LogP contribution in [-0.2, 0) is 5.41 Å². The molecule has 210 valence electrons. The van der Waals surface area contributed by atoms with Crippen molar-refractivity contribution in [2.75, 3.05) is 9.80 Å². The van der Waals surface area contributed by atoms with Gasteiger partial charge in [-0.3, -0.25) is 0 Å². The molecular formula is C41H36N2. The van der Waals surface area contributed by atoms with E-state index in [-0.39, 0.29) is 9.80 Å². The van der Waals surface area contributed by atoms with E-state index < -0.39 is 245 Å². The first kappa shape index (κ1) is 8.09. The molecule has 0 atom stereocenters. The fraction of sp³-hybridized carbons (Fsp3) is 0.122. The molecule has 1 aliphatic rings. The lowest BCUT2D eigenvalue weighted by molar-refractivity contribution is 0.660. The first-order chi connectivity index (χ1) is 35.8. The van der Waals surface area contributed by atoms with Gasteiger partial charge in [0.05, 0.1) is 32.9 Å². The first-order valence-corrected chi connectivity index (χ1v) is 12.1. The third-order valence-corrected chi connectivity index (χ3v) is 6.14. The van der Waals surface area contributed by atoms with E-state index >= 15 is 0 Å². The van der Waals surface area contributed by atoms with Crippen molar-refractivity contribution in [3.63, 3.8) is 0 Å². The molecule has 0 bridgehead atoms. The fourth-order valence-electron chi connectivity index (χ4n) is 4.35. The molecule has 2 nitrogen and oxygen atoms in total. The molecule has 43 heavy (non-hydrogen) atoms. The van der Waals surface area contributed by atoms with Crippen molar-refractivity contribution in [2.24, 2.45) is 0 Å². The maximum atomic E-state index is 9.95. The van der Waals surface area contributed by atoms with E-state index in [4.69, 9.17) is 41.1 Å². The molecule has 6 aromatic rings. The quantitative estimate of drug-likeness (QED) is 0.190. The second-order valence-electron chi connectivity index (χ2n) is 8.76. The lowest BCUT2D eigenvalue weighted by atomic mass is 9.82. The second-order valence-corrected chi connectivity index (χ2v) is 8.76. The molecule has 2 heteroatoms. The summed E-state index contributed by atoms with van der Waals surface area (Å²) >= 11 is 0. The Bertz CT molecular complexity index is 3380. The van der Waals surface area contributed by atoms with Crippen LogP contribution in [0.4, 0.5) is 34.1 Å². The summed E-state index contributed by atoms with van der Waals surface area (Å²) in [5.41, 5.74) is -20.5. The van der Waals surface area contributed by atoms with E-state index in [1.54, 1.807) is 0 Å². The van der Waals surface area contributed by atoms with Crippen LogP contribution in [0.3, 0.4) is 0 Å². The third-order valence-electron chi connectivity index (χ3n) is 6.14. The summed E-state index contributed by atoms with van der Waals surface area (Å²) in [7, 11) is 0. The maximum absolute atomic E-state index is 9.95. The number of hydrogen-bond donors (Lipinski definition) is 0. The summed E-state index contributed by atoms with van der Waals surface area (Å²) in [4.78, 5) is 0.168. The van der Waals surface area contributed by atoms with Crippen LogP contribution in [0.15, 0.2) is 145 Å². The molecule has 0 amide bonds.